The first-order valence-corrected chi connectivity index (χ1v) is 10.8. The molecular formula is C24H29N3O4. The number of piperazine rings is 1. The van der Waals surface area contributed by atoms with Crippen LogP contribution in [0.3, 0.4) is 0 Å². The van der Waals surface area contributed by atoms with E-state index in [0.717, 1.165) is 35.5 Å². The first kappa shape index (κ1) is 21.2. The fourth-order valence-corrected chi connectivity index (χ4v) is 4.12. The van der Waals surface area contributed by atoms with E-state index in [0.29, 0.717) is 31.7 Å². The van der Waals surface area contributed by atoms with Gasteiger partial charge < -0.3 is 19.1 Å². The summed E-state index contributed by atoms with van der Waals surface area (Å²) in [6.07, 6.45) is 1.97. The Balaban J connectivity index is 1.38. The van der Waals surface area contributed by atoms with Crippen LogP contribution in [0.25, 0.3) is 5.69 Å². The number of hydrogen-bond donors (Lipinski definition) is 0. The molecule has 4 rings (SSSR count). The van der Waals surface area contributed by atoms with Gasteiger partial charge in [0.1, 0.15) is 0 Å². The lowest BCUT2D eigenvalue weighted by molar-refractivity contribution is -0.141. The summed E-state index contributed by atoms with van der Waals surface area (Å²) < 4.78 is 7.42. The Labute approximate surface area is 182 Å². The summed E-state index contributed by atoms with van der Waals surface area (Å²) in [4.78, 5) is 41.1. The number of hydrogen-bond acceptors (Lipinski definition) is 4. The summed E-state index contributed by atoms with van der Waals surface area (Å²) >= 11 is 0. The Kier molecular flexibility index (Phi) is 5.85. The minimum absolute atomic E-state index is 0.194. The smallest absolute Gasteiger partial charge is 0.340 e. The molecule has 0 unspecified atom stereocenters. The molecule has 7 heteroatoms. The molecule has 2 aliphatic rings. The molecule has 1 saturated carbocycles. The molecule has 0 bridgehead atoms. The van der Waals surface area contributed by atoms with Crippen LogP contribution in [0.15, 0.2) is 30.3 Å². The topological polar surface area (TPSA) is 71.8 Å². The van der Waals surface area contributed by atoms with Gasteiger partial charge in [0.2, 0.25) is 5.91 Å². The van der Waals surface area contributed by atoms with Crippen molar-refractivity contribution in [2.45, 2.75) is 33.6 Å². The van der Waals surface area contributed by atoms with E-state index in [4.69, 9.17) is 4.74 Å². The third-order valence-corrected chi connectivity index (χ3v) is 6.08. The number of carbonyl (C=O) groups is 3. The van der Waals surface area contributed by atoms with E-state index in [1.807, 2.05) is 54.5 Å². The van der Waals surface area contributed by atoms with Crippen molar-refractivity contribution >= 4 is 17.8 Å². The molecule has 0 N–H and O–H groups in total. The van der Waals surface area contributed by atoms with Gasteiger partial charge in [-0.2, -0.15) is 0 Å². The van der Waals surface area contributed by atoms with E-state index in [9.17, 15) is 14.4 Å². The monoisotopic (exact) mass is 423 g/mol. The molecule has 1 aliphatic carbocycles. The average Bonchev–Trinajstić information content (AvgIpc) is 3.57. The normalized spacial score (nSPS) is 16.4. The molecule has 7 nitrogen and oxygen atoms in total. The molecule has 1 aromatic heterocycles. The molecule has 0 atom stereocenters. The molecule has 1 saturated heterocycles. The largest absolute Gasteiger partial charge is 0.452 e. The number of benzene rings is 1. The highest BCUT2D eigenvalue weighted by Crippen LogP contribution is 2.31. The molecule has 1 aliphatic heterocycles. The Bertz CT molecular complexity index is 994. The second kappa shape index (κ2) is 8.57. The minimum Gasteiger partial charge on any atom is -0.452 e. The van der Waals surface area contributed by atoms with E-state index in [-0.39, 0.29) is 24.3 Å². The second-order valence-corrected chi connectivity index (χ2v) is 8.53. The summed E-state index contributed by atoms with van der Waals surface area (Å²) in [5.74, 6) is -0.336. The van der Waals surface area contributed by atoms with Crippen LogP contribution in [-0.4, -0.2) is 64.9 Å². The standard InChI is InChI=1S/C24H29N3O4/c1-16-4-9-21(27-17(2)5-6-18(27)3)20(14-16)24(30)31-15-22(28)25-10-12-26(13-11-25)23(29)19-7-8-19/h4-6,9,14,19H,7-8,10-13,15H2,1-3H3. The van der Waals surface area contributed by atoms with E-state index < -0.39 is 5.97 Å². The summed E-state index contributed by atoms with van der Waals surface area (Å²) in [5, 5.41) is 0. The van der Waals surface area contributed by atoms with Crippen LogP contribution < -0.4 is 0 Å². The molecular weight excluding hydrogens is 394 g/mol. The molecule has 0 spiro atoms. The average molecular weight is 424 g/mol. The van der Waals surface area contributed by atoms with Gasteiger partial charge in [-0.3, -0.25) is 9.59 Å². The SMILES string of the molecule is Cc1ccc(-n2c(C)ccc2C)c(C(=O)OCC(=O)N2CCN(C(=O)C3CC3)CC2)c1. The number of nitrogens with zero attached hydrogens (tertiary/aromatic N) is 3. The van der Waals surface area contributed by atoms with Crippen LogP contribution in [0.1, 0.15) is 40.2 Å². The van der Waals surface area contributed by atoms with Crippen molar-refractivity contribution in [2.75, 3.05) is 32.8 Å². The molecule has 0 radical (unpaired) electrons. The van der Waals surface area contributed by atoms with E-state index in [2.05, 4.69) is 0 Å². The quantitative estimate of drug-likeness (QED) is 0.693. The Morgan fingerprint density at radius 2 is 1.52 bits per heavy atom. The molecule has 31 heavy (non-hydrogen) atoms. The number of ether oxygens (including phenoxy) is 1. The van der Waals surface area contributed by atoms with Crippen LogP contribution in [0, 0.1) is 26.7 Å². The third kappa shape index (κ3) is 4.50. The zero-order chi connectivity index (χ0) is 22.1. The Hall–Kier alpha value is -3.09. The Morgan fingerprint density at radius 1 is 0.903 bits per heavy atom. The van der Waals surface area contributed by atoms with Gasteiger partial charge in [-0.1, -0.05) is 11.6 Å². The lowest BCUT2D eigenvalue weighted by Crippen LogP contribution is -2.51. The fraction of sp³-hybridized carbons (Fsp3) is 0.458. The lowest BCUT2D eigenvalue weighted by atomic mass is 10.1. The van der Waals surface area contributed by atoms with Crippen molar-refractivity contribution in [1.82, 2.24) is 14.4 Å². The van der Waals surface area contributed by atoms with Gasteiger partial charge in [0.25, 0.3) is 5.91 Å². The highest BCUT2D eigenvalue weighted by atomic mass is 16.5. The van der Waals surface area contributed by atoms with Gasteiger partial charge in [-0.25, -0.2) is 4.79 Å². The van der Waals surface area contributed by atoms with Crippen LogP contribution in [0.5, 0.6) is 0 Å². The van der Waals surface area contributed by atoms with Crippen molar-refractivity contribution < 1.29 is 19.1 Å². The van der Waals surface area contributed by atoms with Crippen molar-refractivity contribution in [1.29, 1.82) is 0 Å². The van der Waals surface area contributed by atoms with Crippen molar-refractivity contribution in [3.8, 4) is 5.69 Å². The van der Waals surface area contributed by atoms with Gasteiger partial charge in [-0.15, -0.1) is 0 Å². The number of carbonyl (C=O) groups excluding carboxylic acids is 3. The number of amides is 2. The zero-order valence-electron chi connectivity index (χ0n) is 18.4. The summed E-state index contributed by atoms with van der Waals surface area (Å²) in [7, 11) is 0. The number of aromatic nitrogens is 1. The Morgan fingerprint density at radius 3 is 2.13 bits per heavy atom. The van der Waals surface area contributed by atoms with Crippen LogP contribution in [-0.2, 0) is 14.3 Å². The molecule has 2 heterocycles. The van der Waals surface area contributed by atoms with E-state index in [1.54, 1.807) is 11.0 Å². The highest BCUT2D eigenvalue weighted by molar-refractivity contribution is 5.95. The second-order valence-electron chi connectivity index (χ2n) is 8.53. The minimum atomic E-state index is -0.512. The number of rotatable bonds is 5. The predicted octanol–water partition coefficient (Wildman–Crippen LogP) is 2.64. The van der Waals surface area contributed by atoms with Crippen molar-refractivity contribution in [3.63, 3.8) is 0 Å². The predicted molar refractivity (Wildman–Crippen MR) is 116 cm³/mol. The van der Waals surface area contributed by atoms with E-state index in [1.165, 1.54) is 0 Å². The van der Waals surface area contributed by atoms with Crippen LogP contribution in [0.2, 0.25) is 0 Å². The van der Waals surface area contributed by atoms with Crippen LogP contribution in [0.4, 0.5) is 0 Å². The summed E-state index contributed by atoms with van der Waals surface area (Å²) in [6.45, 7) is 7.64. The zero-order valence-corrected chi connectivity index (χ0v) is 18.4. The first-order valence-electron chi connectivity index (χ1n) is 10.8. The molecule has 2 fully saturated rings. The van der Waals surface area contributed by atoms with Crippen molar-refractivity contribution in [2.24, 2.45) is 5.92 Å². The fourth-order valence-electron chi connectivity index (χ4n) is 4.12. The van der Waals surface area contributed by atoms with E-state index >= 15 is 0 Å². The lowest BCUT2D eigenvalue weighted by Gasteiger charge is -2.34. The first-order chi connectivity index (χ1) is 14.8. The van der Waals surface area contributed by atoms with Gasteiger partial charge >= 0.3 is 5.97 Å². The summed E-state index contributed by atoms with van der Waals surface area (Å²) in [6, 6.07) is 9.66. The summed E-state index contributed by atoms with van der Waals surface area (Å²) in [5.41, 5.74) is 4.17. The number of aryl methyl sites for hydroxylation is 3. The molecule has 2 aromatic rings. The number of esters is 1. The van der Waals surface area contributed by atoms with Gasteiger partial charge in [0, 0.05) is 43.5 Å². The van der Waals surface area contributed by atoms with Crippen LogP contribution >= 0.6 is 0 Å². The molecule has 164 valence electrons. The molecule has 1 aromatic carbocycles. The highest BCUT2D eigenvalue weighted by Gasteiger charge is 2.35. The maximum absolute atomic E-state index is 12.9. The maximum Gasteiger partial charge on any atom is 0.340 e. The maximum atomic E-state index is 12.9. The van der Waals surface area contributed by atoms with Gasteiger partial charge in [0.15, 0.2) is 6.61 Å². The van der Waals surface area contributed by atoms with Gasteiger partial charge in [-0.05, 0) is 57.9 Å². The van der Waals surface area contributed by atoms with Crippen molar-refractivity contribution in [3.05, 3.63) is 52.8 Å². The molecule has 2 amide bonds. The third-order valence-electron chi connectivity index (χ3n) is 6.08. The van der Waals surface area contributed by atoms with Gasteiger partial charge in [0.05, 0.1) is 11.3 Å².